The zero-order chi connectivity index (χ0) is 14.4. The molecule has 1 heterocycles. The number of nitrogens with two attached hydrogens (primary N) is 1. The highest BCUT2D eigenvalue weighted by Crippen LogP contribution is 2.18. The summed E-state index contributed by atoms with van der Waals surface area (Å²) in [4.78, 5) is 2.35. The Morgan fingerprint density at radius 2 is 1.95 bits per heavy atom. The Hall–Kier alpha value is -0.970. The fraction of sp³-hybridized carbons (Fsp3) is 0.625. The average Bonchev–Trinajstić information content (AvgIpc) is 2.46. The molecule has 1 aliphatic heterocycles. The van der Waals surface area contributed by atoms with Gasteiger partial charge in [-0.3, -0.25) is 0 Å². The van der Waals surface area contributed by atoms with Crippen LogP contribution in [0.3, 0.4) is 0 Å². The molecule has 0 radical (unpaired) electrons. The van der Waals surface area contributed by atoms with Crippen LogP contribution in [-0.4, -0.2) is 38.3 Å². The van der Waals surface area contributed by atoms with Gasteiger partial charge >= 0.3 is 0 Å². The molecular formula is C16H25FN2O. The lowest BCUT2D eigenvalue weighted by atomic mass is 9.99. The van der Waals surface area contributed by atoms with Crippen molar-refractivity contribution in [1.82, 2.24) is 4.90 Å². The monoisotopic (exact) mass is 280 g/mol. The highest BCUT2D eigenvalue weighted by Gasteiger charge is 2.16. The first-order valence-electron chi connectivity index (χ1n) is 7.42. The highest BCUT2D eigenvalue weighted by atomic mass is 19.1. The normalized spacial score (nSPS) is 18.4. The van der Waals surface area contributed by atoms with Crippen molar-refractivity contribution in [2.24, 2.45) is 11.7 Å². The van der Waals surface area contributed by atoms with Gasteiger partial charge in [-0.2, -0.15) is 0 Å². The molecule has 1 aromatic rings. The number of hydrogen-bond acceptors (Lipinski definition) is 3. The summed E-state index contributed by atoms with van der Waals surface area (Å²) in [6, 6.07) is 6.48. The van der Waals surface area contributed by atoms with Gasteiger partial charge in [0.25, 0.3) is 0 Å². The van der Waals surface area contributed by atoms with E-state index in [4.69, 9.17) is 10.5 Å². The zero-order valence-electron chi connectivity index (χ0n) is 12.2. The quantitative estimate of drug-likeness (QED) is 0.870. The Balaban J connectivity index is 1.71. The van der Waals surface area contributed by atoms with Crippen LogP contribution >= 0.6 is 0 Å². The molecule has 3 nitrogen and oxygen atoms in total. The second-order valence-corrected chi connectivity index (χ2v) is 5.76. The number of ether oxygens (including phenoxy) is 1. The van der Waals surface area contributed by atoms with Crippen LogP contribution in [0.2, 0.25) is 0 Å². The fourth-order valence-electron chi connectivity index (χ4n) is 2.70. The molecule has 2 rings (SSSR count). The number of halogens is 1. The molecule has 0 spiro atoms. The summed E-state index contributed by atoms with van der Waals surface area (Å²) in [7, 11) is 2.15. The van der Waals surface area contributed by atoms with Gasteiger partial charge < -0.3 is 15.4 Å². The van der Waals surface area contributed by atoms with Gasteiger partial charge in [-0.05, 0) is 56.5 Å². The summed E-state index contributed by atoms with van der Waals surface area (Å²) in [5.74, 6) is 0.536. The maximum Gasteiger partial charge on any atom is 0.123 e. The maximum atomic E-state index is 12.9. The Bertz CT molecular complexity index is 390. The first kappa shape index (κ1) is 15.4. The molecule has 0 saturated carbocycles. The van der Waals surface area contributed by atoms with E-state index in [0.29, 0.717) is 0 Å². The molecule has 1 unspecified atom stereocenters. The summed E-state index contributed by atoms with van der Waals surface area (Å²) in [5, 5.41) is 0. The molecule has 0 aliphatic carbocycles. The lowest BCUT2D eigenvalue weighted by Gasteiger charge is -2.27. The van der Waals surface area contributed by atoms with Gasteiger partial charge in [0.2, 0.25) is 0 Å². The van der Waals surface area contributed by atoms with Gasteiger partial charge in [0.15, 0.2) is 0 Å². The van der Waals surface area contributed by atoms with Gasteiger partial charge in [-0.15, -0.1) is 0 Å². The summed E-state index contributed by atoms with van der Waals surface area (Å²) < 4.78 is 18.2. The molecular weight excluding hydrogens is 255 g/mol. The molecule has 1 atom stereocenters. The van der Waals surface area contributed by atoms with E-state index in [1.807, 2.05) is 0 Å². The van der Waals surface area contributed by atoms with Crippen LogP contribution in [-0.2, 0) is 4.74 Å². The third kappa shape index (κ3) is 4.85. The summed E-state index contributed by atoms with van der Waals surface area (Å²) in [6.07, 6.45) is 3.22. The molecule has 0 amide bonds. The predicted molar refractivity (Wildman–Crippen MR) is 79.0 cm³/mol. The van der Waals surface area contributed by atoms with E-state index in [1.54, 1.807) is 12.1 Å². The Kier molecular flexibility index (Phi) is 5.95. The van der Waals surface area contributed by atoms with Gasteiger partial charge in [0.1, 0.15) is 5.82 Å². The van der Waals surface area contributed by atoms with Crippen molar-refractivity contribution in [2.75, 3.05) is 33.4 Å². The van der Waals surface area contributed by atoms with Crippen LogP contribution in [0.25, 0.3) is 0 Å². The molecule has 1 fully saturated rings. The van der Waals surface area contributed by atoms with Gasteiger partial charge in [0, 0.05) is 25.8 Å². The lowest BCUT2D eigenvalue weighted by molar-refractivity contribution is 0.0554. The molecule has 4 heteroatoms. The first-order chi connectivity index (χ1) is 9.65. The van der Waals surface area contributed by atoms with Crippen molar-refractivity contribution in [1.29, 1.82) is 0 Å². The Morgan fingerprint density at radius 1 is 1.30 bits per heavy atom. The van der Waals surface area contributed by atoms with Gasteiger partial charge in [-0.1, -0.05) is 12.1 Å². The van der Waals surface area contributed by atoms with E-state index < -0.39 is 0 Å². The largest absolute Gasteiger partial charge is 0.381 e. The molecule has 1 saturated heterocycles. The van der Waals surface area contributed by atoms with Crippen LogP contribution in [0, 0.1) is 11.7 Å². The van der Waals surface area contributed by atoms with E-state index in [2.05, 4.69) is 11.9 Å². The van der Waals surface area contributed by atoms with Crippen molar-refractivity contribution < 1.29 is 9.13 Å². The van der Waals surface area contributed by atoms with Gasteiger partial charge in [0.05, 0.1) is 0 Å². The second-order valence-electron chi connectivity index (χ2n) is 5.76. The van der Waals surface area contributed by atoms with Crippen LogP contribution in [0.5, 0.6) is 0 Å². The number of rotatable bonds is 6. The second kappa shape index (κ2) is 7.72. The highest BCUT2D eigenvalue weighted by molar-refractivity contribution is 5.19. The molecule has 1 aliphatic rings. The number of hydrogen-bond donors (Lipinski definition) is 1. The van der Waals surface area contributed by atoms with Crippen LogP contribution < -0.4 is 5.73 Å². The standard InChI is InChI=1S/C16H25FN2O/c1-19(12-13-7-10-20-11-8-13)9-6-16(18)14-2-4-15(17)5-3-14/h2-5,13,16H,6-12,18H2,1H3. The van der Waals surface area contributed by atoms with Crippen molar-refractivity contribution in [3.63, 3.8) is 0 Å². The number of benzene rings is 1. The van der Waals surface area contributed by atoms with E-state index >= 15 is 0 Å². The number of nitrogens with zero attached hydrogens (tertiary/aromatic N) is 1. The molecule has 1 aromatic carbocycles. The van der Waals surface area contributed by atoms with Crippen molar-refractivity contribution in [2.45, 2.75) is 25.3 Å². The molecule has 2 N–H and O–H groups in total. The third-order valence-electron chi connectivity index (χ3n) is 4.03. The molecule has 112 valence electrons. The minimum atomic E-state index is -0.211. The SMILES string of the molecule is CN(CCC(N)c1ccc(F)cc1)CC1CCOCC1. The molecule has 0 bridgehead atoms. The van der Waals surface area contributed by atoms with E-state index in [-0.39, 0.29) is 11.9 Å². The topological polar surface area (TPSA) is 38.5 Å². The van der Waals surface area contributed by atoms with Crippen LogP contribution in [0.4, 0.5) is 4.39 Å². The maximum absolute atomic E-state index is 12.9. The van der Waals surface area contributed by atoms with E-state index in [1.165, 1.54) is 12.1 Å². The minimum Gasteiger partial charge on any atom is -0.381 e. The Labute approximate surface area is 120 Å². The van der Waals surface area contributed by atoms with E-state index in [0.717, 1.165) is 57.0 Å². The average molecular weight is 280 g/mol. The van der Waals surface area contributed by atoms with Crippen molar-refractivity contribution >= 4 is 0 Å². The third-order valence-corrected chi connectivity index (χ3v) is 4.03. The fourth-order valence-corrected chi connectivity index (χ4v) is 2.70. The van der Waals surface area contributed by atoms with E-state index in [9.17, 15) is 4.39 Å². The zero-order valence-corrected chi connectivity index (χ0v) is 12.2. The summed E-state index contributed by atoms with van der Waals surface area (Å²) in [6.45, 7) is 3.87. The van der Waals surface area contributed by atoms with Crippen LogP contribution in [0.15, 0.2) is 24.3 Å². The minimum absolute atomic E-state index is 0.0206. The van der Waals surface area contributed by atoms with Crippen LogP contribution in [0.1, 0.15) is 30.9 Å². The lowest BCUT2D eigenvalue weighted by Crippen LogP contribution is -2.31. The molecule has 20 heavy (non-hydrogen) atoms. The van der Waals surface area contributed by atoms with Crippen molar-refractivity contribution in [3.05, 3.63) is 35.6 Å². The summed E-state index contributed by atoms with van der Waals surface area (Å²) in [5.41, 5.74) is 7.16. The first-order valence-corrected chi connectivity index (χ1v) is 7.42. The predicted octanol–water partition coefficient (Wildman–Crippen LogP) is 2.57. The summed E-state index contributed by atoms with van der Waals surface area (Å²) >= 11 is 0. The molecule has 0 aromatic heterocycles. The Morgan fingerprint density at radius 3 is 2.60 bits per heavy atom. The van der Waals surface area contributed by atoms with Crippen molar-refractivity contribution in [3.8, 4) is 0 Å². The smallest absolute Gasteiger partial charge is 0.123 e. The van der Waals surface area contributed by atoms with Gasteiger partial charge in [-0.25, -0.2) is 4.39 Å².